The molecule has 1 N–H and O–H groups in total. The molecule has 1 saturated heterocycles. The summed E-state index contributed by atoms with van der Waals surface area (Å²) in [5.74, 6) is 1.89. The highest BCUT2D eigenvalue weighted by Crippen LogP contribution is 2.41. The van der Waals surface area contributed by atoms with E-state index in [9.17, 15) is 9.59 Å². The Hall–Kier alpha value is -1.89. The van der Waals surface area contributed by atoms with Gasteiger partial charge >= 0.3 is 5.97 Å². The van der Waals surface area contributed by atoms with Gasteiger partial charge in [0.1, 0.15) is 5.76 Å². The van der Waals surface area contributed by atoms with Gasteiger partial charge in [0.25, 0.3) is 5.91 Å². The van der Waals surface area contributed by atoms with Gasteiger partial charge in [0, 0.05) is 37.7 Å². The number of rotatable bonds is 7. The maximum Gasteiger partial charge on any atom is 0.309 e. The van der Waals surface area contributed by atoms with E-state index in [1.165, 1.54) is 0 Å². The largest absolute Gasteiger partial charge is 0.466 e. The molecule has 4 atom stereocenters. The highest BCUT2D eigenvalue weighted by atomic mass is 16.5. The molecule has 4 rings (SSSR count). The van der Waals surface area contributed by atoms with Crippen molar-refractivity contribution >= 4 is 11.9 Å². The van der Waals surface area contributed by atoms with Crippen LogP contribution in [0.3, 0.4) is 0 Å². The average molecular weight is 361 g/mol. The van der Waals surface area contributed by atoms with Gasteiger partial charge in [-0.3, -0.25) is 9.59 Å². The van der Waals surface area contributed by atoms with Gasteiger partial charge in [-0.25, -0.2) is 0 Å². The normalized spacial score (nSPS) is 31.0. The van der Waals surface area contributed by atoms with Crippen molar-refractivity contribution in [2.75, 3.05) is 26.2 Å². The zero-order valence-corrected chi connectivity index (χ0v) is 15.4. The quantitative estimate of drug-likeness (QED) is 0.746. The number of nitrogens with one attached hydrogen (secondary N) is 1. The fourth-order valence-corrected chi connectivity index (χ4v) is 3.92. The Labute approximate surface area is 153 Å². The smallest absolute Gasteiger partial charge is 0.309 e. The number of nitrogens with zero attached hydrogens (tertiary/aromatic N) is 2. The lowest BCUT2D eigenvalue weighted by Gasteiger charge is -2.16. The Morgan fingerprint density at radius 2 is 2.19 bits per heavy atom. The molecule has 2 saturated carbocycles. The topological polar surface area (TPSA) is 84.7 Å². The maximum atomic E-state index is 12.4. The SMILES string of the molecule is CCOC(=O)[C@@H]1C[C@H]1CN1CC(C)C(NC(=O)c2cc(C3CC3)on2)C1. The second kappa shape index (κ2) is 7.02. The first kappa shape index (κ1) is 17.5. The van der Waals surface area contributed by atoms with Crippen molar-refractivity contribution < 1.29 is 18.8 Å². The molecule has 142 valence electrons. The molecule has 1 amide bonds. The molecule has 2 aliphatic carbocycles. The van der Waals surface area contributed by atoms with Crippen molar-refractivity contribution in [1.82, 2.24) is 15.4 Å². The van der Waals surface area contributed by atoms with Crippen LogP contribution in [0.15, 0.2) is 10.6 Å². The van der Waals surface area contributed by atoms with Crippen LogP contribution in [0.5, 0.6) is 0 Å². The molecule has 2 heterocycles. The van der Waals surface area contributed by atoms with E-state index in [0.29, 0.717) is 30.1 Å². The monoisotopic (exact) mass is 361 g/mol. The van der Waals surface area contributed by atoms with Gasteiger partial charge in [-0.15, -0.1) is 0 Å². The predicted octanol–water partition coefficient (Wildman–Crippen LogP) is 1.80. The molecule has 2 unspecified atom stereocenters. The van der Waals surface area contributed by atoms with E-state index in [2.05, 4.69) is 22.3 Å². The number of hydrogen-bond donors (Lipinski definition) is 1. The van der Waals surface area contributed by atoms with Crippen molar-refractivity contribution in [3.05, 3.63) is 17.5 Å². The Morgan fingerprint density at radius 3 is 2.92 bits per heavy atom. The van der Waals surface area contributed by atoms with Gasteiger partial charge < -0.3 is 19.5 Å². The lowest BCUT2D eigenvalue weighted by atomic mass is 10.1. The summed E-state index contributed by atoms with van der Waals surface area (Å²) in [5, 5.41) is 7.02. The fourth-order valence-electron chi connectivity index (χ4n) is 3.92. The van der Waals surface area contributed by atoms with Crippen molar-refractivity contribution in [1.29, 1.82) is 0 Å². The van der Waals surface area contributed by atoms with E-state index in [-0.39, 0.29) is 23.8 Å². The van der Waals surface area contributed by atoms with Gasteiger partial charge in [-0.2, -0.15) is 0 Å². The van der Waals surface area contributed by atoms with E-state index >= 15 is 0 Å². The Bertz CT molecular complexity index is 684. The van der Waals surface area contributed by atoms with Crippen LogP contribution in [0.4, 0.5) is 0 Å². The molecule has 0 spiro atoms. The number of carbonyl (C=O) groups excluding carboxylic acids is 2. The second-order valence-corrected chi connectivity index (χ2v) is 8.02. The van der Waals surface area contributed by atoms with E-state index < -0.39 is 0 Å². The molecule has 1 aromatic rings. The number of amides is 1. The average Bonchev–Trinajstić information content (AvgIpc) is 3.51. The van der Waals surface area contributed by atoms with E-state index in [0.717, 1.165) is 44.7 Å². The van der Waals surface area contributed by atoms with Crippen LogP contribution in [0.2, 0.25) is 0 Å². The summed E-state index contributed by atoms with van der Waals surface area (Å²) >= 11 is 0. The predicted molar refractivity (Wildman–Crippen MR) is 93.6 cm³/mol. The highest BCUT2D eigenvalue weighted by Gasteiger charge is 2.46. The van der Waals surface area contributed by atoms with Crippen LogP contribution in [0, 0.1) is 17.8 Å². The van der Waals surface area contributed by atoms with Crippen LogP contribution in [0.25, 0.3) is 0 Å². The van der Waals surface area contributed by atoms with E-state index in [1.807, 2.05) is 6.92 Å². The molecule has 0 aromatic carbocycles. The summed E-state index contributed by atoms with van der Waals surface area (Å²) < 4.78 is 10.4. The third-order valence-electron chi connectivity index (χ3n) is 5.75. The Morgan fingerprint density at radius 1 is 1.38 bits per heavy atom. The lowest BCUT2D eigenvalue weighted by molar-refractivity contribution is -0.145. The van der Waals surface area contributed by atoms with Crippen molar-refractivity contribution in [2.45, 2.75) is 45.1 Å². The molecule has 7 heteroatoms. The summed E-state index contributed by atoms with van der Waals surface area (Å²) in [7, 11) is 0. The van der Waals surface area contributed by atoms with Crippen LogP contribution in [-0.2, 0) is 9.53 Å². The van der Waals surface area contributed by atoms with Gasteiger partial charge in [0.2, 0.25) is 0 Å². The third kappa shape index (κ3) is 3.77. The number of hydrogen-bond acceptors (Lipinski definition) is 6. The number of likely N-dealkylation sites (tertiary alicyclic amines) is 1. The third-order valence-corrected chi connectivity index (χ3v) is 5.75. The highest BCUT2D eigenvalue weighted by molar-refractivity contribution is 5.92. The molecule has 3 aliphatic rings. The lowest BCUT2D eigenvalue weighted by Crippen LogP contribution is -2.40. The Kier molecular flexibility index (Phi) is 4.73. The van der Waals surface area contributed by atoms with Crippen molar-refractivity contribution in [2.24, 2.45) is 17.8 Å². The maximum absolute atomic E-state index is 12.4. The van der Waals surface area contributed by atoms with Crippen molar-refractivity contribution in [3.8, 4) is 0 Å². The molecule has 7 nitrogen and oxygen atoms in total. The molecule has 1 aromatic heterocycles. The Balaban J connectivity index is 1.26. The zero-order chi connectivity index (χ0) is 18.3. The van der Waals surface area contributed by atoms with Gasteiger partial charge in [-0.05, 0) is 38.0 Å². The molecular weight excluding hydrogens is 334 g/mol. The van der Waals surface area contributed by atoms with Gasteiger partial charge in [0.05, 0.1) is 12.5 Å². The summed E-state index contributed by atoms with van der Waals surface area (Å²) in [5.41, 5.74) is 0.377. The minimum Gasteiger partial charge on any atom is -0.466 e. The van der Waals surface area contributed by atoms with Crippen molar-refractivity contribution in [3.63, 3.8) is 0 Å². The van der Waals surface area contributed by atoms with Crippen LogP contribution in [-0.4, -0.2) is 54.2 Å². The minimum atomic E-state index is -0.157. The molecule has 0 bridgehead atoms. The fraction of sp³-hybridized carbons (Fsp3) is 0.737. The first-order valence-electron chi connectivity index (χ1n) is 9.71. The first-order valence-corrected chi connectivity index (χ1v) is 9.71. The molecule has 0 radical (unpaired) electrons. The van der Waals surface area contributed by atoms with Crippen LogP contribution >= 0.6 is 0 Å². The molecule has 26 heavy (non-hydrogen) atoms. The van der Waals surface area contributed by atoms with Crippen LogP contribution in [0.1, 0.15) is 55.3 Å². The summed E-state index contributed by atoms with van der Waals surface area (Å²) in [6.45, 7) is 7.08. The zero-order valence-electron chi connectivity index (χ0n) is 15.4. The summed E-state index contributed by atoms with van der Waals surface area (Å²) in [4.78, 5) is 26.6. The minimum absolute atomic E-state index is 0.0629. The molecular formula is C19H27N3O4. The van der Waals surface area contributed by atoms with Gasteiger partial charge in [-0.1, -0.05) is 12.1 Å². The first-order chi connectivity index (χ1) is 12.5. The number of aromatic nitrogens is 1. The number of ether oxygens (including phenoxy) is 1. The standard InChI is InChI=1S/C19H27N3O4/c1-3-25-19(24)14-6-13(14)9-22-8-11(2)16(10-22)20-18(23)15-7-17(26-21-15)12-4-5-12/h7,11-14,16H,3-6,8-10H2,1-2H3,(H,20,23)/t11?,13-,14+,16?/m0/s1. The summed E-state index contributed by atoms with van der Waals surface area (Å²) in [6, 6.07) is 1.88. The molecule has 3 fully saturated rings. The number of esters is 1. The van der Waals surface area contributed by atoms with E-state index in [1.54, 1.807) is 6.07 Å². The van der Waals surface area contributed by atoms with Crippen LogP contribution < -0.4 is 5.32 Å². The number of carbonyl (C=O) groups is 2. The van der Waals surface area contributed by atoms with Gasteiger partial charge in [0.15, 0.2) is 5.69 Å². The van der Waals surface area contributed by atoms with E-state index in [4.69, 9.17) is 9.26 Å². The second-order valence-electron chi connectivity index (χ2n) is 8.02. The molecule has 1 aliphatic heterocycles. The summed E-state index contributed by atoms with van der Waals surface area (Å²) in [6.07, 6.45) is 3.17.